The summed E-state index contributed by atoms with van der Waals surface area (Å²) in [5.41, 5.74) is 0.413. The number of ether oxygens (including phenoxy) is 2. The van der Waals surface area contributed by atoms with Crippen LogP contribution in [0, 0.1) is 0 Å². The molecule has 32 heavy (non-hydrogen) atoms. The molecule has 2 aromatic rings. The lowest BCUT2D eigenvalue weighted by Crippen LogP contribution is -2.34. The molecular formula is C21H28ClN5O5. The van der Waals surface area contributed by atoms with E-state index in [-0.39, 0.29) is 24.8 Å². The highest BCUT2D eigenvalue weighted by molar-refractivity contribution is 6.32. The first kappa shape index (κ1) is 23.8. The fourth-order valence-corrected chi connectivity index (χ4v) is 3.46. The molecule has 3 rings (SSSR count). The van der Waals surface area contributed by atoms with Crippen LogP contribution in [0.25, 0.3) is 11.3 Å². The molecule has 0 aromatic carbocycles. The fraction of sp³-hybridized carbons (Fsp3) is 0.524. The van der Waals surface area contributed by atoms with Crippen LogP contribution in [-0.2, 0) is 16.0 Å². The zero-order valence-electron chi connectivity index (χ0n) is 18.4. The minimum absolute atomic E-state index is 0.0552. The highest BCUT2D eigenvalue weighted by atomic mass is 35.5. The maximum atomic E-state index is 11.8. The lowest BCUT2D eigenvalue weighted by Gasteiger charge is -2.23. The van der Waals surface area contributed by atoms with Gasteiger partial charge in [0.15, 0.2) is 0 Å². The van der Waals surface area contributed by atoms with Crippen LogP contribution < -0.4 is 10.6 Å². The highest BCUT2D eigenvalue weighted by Crippen LogP contribution is 2.28. The number of halogens is 1. The number of nitrogens with zero attached hydrogens (tertiary/aromatic N) is 3. The lowest BCUT2D eigenvalue weighted by molar-refractivity contribution is 0.0526. The molecule has 1 aliphatic heterocycles. The third kappa shape index (κ3) is 6.57. The Morgan fingerprint density at radius 2 is 2.06 bits per heavy atom. The Bertz CT molecular complexity index is 966. The second-order valence-electron chi connectivity index (χ2n) is 8.46. The van der Waals surface area contributed by atoms with Gasteiger partial charge in [-0.2, -0.15) is 0 Å². The van der Waals surface area contributed by atoms with Gasteiger partial charge in [0.05, 0.1) is 16.9 Å². The Labute approximate surface area is 191 Å². The topological polar surface area (TPSA) is 128 Å². The molecular weight excluding hydrogens is 438 g/mol. The summed E-state index contributed by atoms with van der Waals surface area (Å²) in [6.45, 7) is 7.09. The van der Waals surface area contributed by atoms with Gasteiger partial charge in [-0.3, -0.25) is 0 Å². The predicted molar refractivity (Wildman–Crippen MR) is 119 cm³/mol. The molecule has 3 N–H and O–H groups in total. The molecule has 1 aliphatic rings. The van der Waals surface area contributed by atoms with Crippen molar-refractivity contribution in [2.24, 2.45) is 0 Å². The number of rotatable bonds is 7. The first-order chi connectivity index (χ1) is 15.1. The minimum Gasteiger partial charge on any atom is -0.477 e. The molecule has 10 nitrogen and oxygen atoms in total. The molecule has 174 valence electrons. The minimum atomic E-state index is -1.10. The van der Waals surface area contributed by atoms with Gasteiger partial charge in [-0.1, -0.05) is 11.6 Å². The van der Waals surface area contributed by atoms with Crippen molar-refractivity contribution in [2.45, 2.75) is 51.8 Å². The van der Waals surface area contributed by atoms with Crippen molar-refractivity contribution in [1.82, 2.24) is 19.9 Å². The van der Waals surface area contributed by atoms with Gasteiger partial charge in [0.2, 0.25) is 5.95 Å². The molecule has 0 saturated carbocycles. The molecule has 0 aliphatic carbocycles. The summed E-state index contributed by atoms with van der Waals surface area (Å²) in [5.74, 6) is -0.674. The first-order valence-corrected chi connectivity index (χ1v) is 10.8. The zero-order valence-corrected chi connectivity index (χ0v) is 19.1. The van der Waals surface area contributed by atoms with Crippen molar-refractivity contribution in [3.05, 3.63) is 29.2 Å². The Kier molecular flexibility index (Phi) is 7.57. The molecule has 0 bridgehead atoms. The second kappa shape index (κ2) is 10.2. The number of aromatic carboxylic acids is 1. The average molecular weight is 466 g/mol. The van der Waals surface area contributed by atoms with E-state index in [1.807, 2.05) is 0 Å². The molecule has 1 amide bonds. The average Bonchev–Trinajstić information content (AvgIpc) is 3.13. The Morgan fingerprint density at radius 3 is 2.72 bits per heavy atom. The van der Waals surface area contributed by atoms with Crippen molar-refractivity contribution < 1.29 is 24.2 Å². The number of aromatic nitrogens is 3. The van der Waals surface area contributed by atoms with Crippen LogP contribution in [0.1, 0.15) is 44.1 Å². The number of anilines is 1. The van der Waals surface area contributed by atoms with Gasteiger partial charge in [0.25, 0.3) is 0 Å². The van der Waals surface area contributed by atoms with E-state index in [4.69, 9.17) is 21.1 Å². The van der Waals surface area contributed by atoms with E-state index in [0.29, 0.717) is 35.4 Å². The third-order valence-electron chi connectivity index (χ3n) is 4.71. The lowest BCUT2D eigenvalue weighted by atomic mass is 10.1. The molecule has 0 spiro atoms. The normalized spacial score (nSPS) is 14.8. The number of carboxylic acids is 1. The zero-order chi connectivity index (χ0) is 23.3. The summed E-state index contributed by atoms with van der Waals surface area (Å²) in [6, 6.07) is 1.71. The van der Waals surface area contributed by atoms with Gasteiger partial charge in [-0.15, -0.1) is 0 Å². The van der Waals surface area contributed by atoms with Crippen LogP contribution in [0.2, 0.25) is 5.02 Å². The van der Waals surface area contributed by atoms with Gasteiger partial charge < -0.3 is 29.8 Å². The Balaban J connectivity index is 1.74. The van der Waals surface area contributed by atoms with E-state index in [2.05, 4.69) is 20.6 Å². The van der Waals surface area contributed by atoms with Crippen molar-refractivity contribution in [1.29, 1.82) is 0 Å². The van der Waals surface area contributed by atoms with Crippen molar-refractivity contribution in [3.8, 4) is 11.3 Å². The SMILES string of the molecule is CC(C)(C)OC(=O)NCCn1cc(-c2nc(NC3CCOCC3)ncc2Cl)cc1C(=O)O. The van der Waals surface area contributed by atoms with Gasteiger partial charge in [-0.25, -0.2) is 19.6 Å². The molecule has 0 unspecified atom stereocenters. The number of carboxylic acid groups (broad SMARTS) is 1. The molecule has 0 radical (unpaired) electrons. The van der Waals surface area contributed by atoms with E-state index in [1.54, 1.807) is 27.0 Å². The Hall–Kier alpha value is -2.85. The second-order valence-corrected chi connectivity index (χ2v) is 8.87. The van der Waals surface area contributed by atoms with E-state index in [9.17, 15) is 14.7 Å². The van der Waals surface area contributed by atoms with Crippen LogP contribution in [0.15, 0.2) is 18.5 Å². The maximum Gasteiger partial charge on any atom is 0.407 e. The number of carbonyl (C=O) groups is 2. The summed E-state index contributed by atoms with van der Waals surface area (Å²) in [4.78, 5) is 32.3. The van der Waals surface area contributed by atoms with Crippen LogP contribution in [0.5, 0.6) is 0 Å². The van der Waals surface area contributed by atoms with Gasteiger partial charge in [0.1, 0.15) is 11.3 Å². The summed E-state index contributed by atoms with van der Waals surface area (Å²) in [7, 11) is 0. The molecule has 3 heterocycles. The molecule has 1 fully saturated rings. The number of carbonyl (C=O) groups excluding carboxylic acids is 1. The van der Waals surface area contributed by atoms with E-state index in [1.165, 1.54) is 16.8 Å². The largest absolute Gasteiger partial charge is 0.477 e. The highest BCUT2D eigenvalue weighted by Gasteiger charge is 2.20. The van der Waals surface area contributed by atoms with Crippen molar-refractivity contribution in [2.75, 3.05) is 25.1 Å². The number of hydrogen-bond donors (Lipinski definition) is 3. The summed E-state index contributed by atoms with van der Waals surface area (Å²) in [5, 5.41) is 15.8. The van der Waals surface area contributed by atoms with Crippen LogP contribution in [0.3, 0.4) is 0 Å². The van der Waals surface area contributed by atoms with E-state index in [0.717, 1.165) is 12.8 Å². The molecule has 1 saturated heterocycles. The summed E-state index contributed by atoms with van der Waals surface area (Å²) < 4.78 is 12.1. The number of hydrogen-bond acceptors (Lipinski definition) is 7. The van der Waals surface area contributed by atoms with E-state index >= 15 is 0 Å². The van der Waals surface area contributed by atoms with Crippen LogP contribution >= 0.6 is 11.6 Å². The van der Waals surface area contributed by atoms with Crippen LogP contribution in [0.4, 0.5) is 10.7 Å². The number of alkyl carbamates (subject to hydrolysis) is 1. The van der Waals surface area contributed by atoms with Crippen molar-refractivity contribution in [3.63, 3.8) is 0 Å². The quantitative estimate of drug-likeness (QED) is 0.567. The molecule has 2 aromatic heterocycles. The summed E-state index contributed by atoms with van der Waals surface area (Å²) >= 11 is 6.32. The predicted octanol–water partition coefficient (Wildman–Crippen LogP) is 3.41. The van der Waals surface area contributed by atoms with Gasteiger partial charge in [0, 0.05) is 44.1 Å². The third-order valence-corrected chi connectivity index (χ3v) is 4.99. The van der Waals surface area contributed by atoms with Crippen molar-refractivity contribution >= 4 is 29.6 Å². The van der Waals surface area contributed by atoms with Gasteiger partial charge >= 0.3 is 12.1 Å². The Morgan fingerprint density at radius 1 is 1.34 bits per heavy atom. The molecule has 0 atom stereocenters. The number of nitrogens with one attached hydrogen (secondary N) is 2. The van der Waals surface area contributed by atoms with Gasteiger partial charge in [-0.05, 0) is 39.7 Å². The van der Waals surface area contributed by atoms with Crippen LogP contribution in [-0.4, -0.2) is 63.1 Å². The standard InChI is InChI=1S/C21H28ClN5O5/c1-21(2,3)32-20(30)23-6-7-27-12-13(10-16(27)18(28)29)17-15(22)11-24-19(26-17)25-14-4-8-31-9-5-14/h10-12,14H,4-9H2,1-3H3,(H,23,30)(H,28,29)(H,24,25,26). The van der Waals surface area contributed by atoms with E-state index < -0.39 is 17.7 Å². The fourth-order valence-electron chi connectivity index (χ4n) is 3.26. The monoisotopic (exact) mass is 465 g/mol. The molecule has 11 heteroatoms. The smallest absolute Gasteiger partial charge is 0.407 e. The summed E-state index contributed by atoms with van der Waals surface area (Å²) in [6.07, 6.45) is 4.28. The number of amides is 1. The first-order valence-electron chi connectivity index (χ1n) is 10.4. The maximum absolute atomic E-state index is 11.8.